The van der Waals surface area contributed by atoms with Gasteiger partial charge in [-0.05, 0) is 31.3 Å². The second-order valence-electron chi connectivity index (χ2n) is 5.43. The molecule has 0 radical (unpaired) electrons. The number of carbonyl (C=O) groups is 1. The zero-order valence-corrected chi connectivity index (χ0v) is 13.0. The largest absolute Gasteiger partial charge is 0.355 e. The second-order valence-corrected chi connectivity index (χ2v) is 6.41. The van der Waals surface area contributed by atoms with Gasteiger partial charge >= 0.3 is 0 Å². The molecule has 2 atom stereocenters. The Bertz CT molecular complexity index is 376. The standard InChI is InChI=1S/C14H25N3OS/c1-10(2)8-16-13(18)9-17(4)14(11(3)15)12-6-5-7-19-12/h5-7,10-11,14H,8-9,15H2,1-4H3,(H,16,18). The van der Waals surface area contributed by atoms with Crippen molar-refractivity contribution in [2.24, 2.45) is 11.7 Å². The third kappa shape index (κ3) is 5.30. The molecule has 0 aliphatic heterocycles. The molecule has 5 heteroatoms. The highest BCUT2D eigenvalue weighted by Crippen LogP contribution is 2.26. The summed E-state index contributed by atoms with van der Waals surface area (Å²) in [5.74, 6) is 0.522. The minimum Gasteiger partial charge on any atom is -0.355 e. The summed E-state index contributed by atoms with van der Waals surface area (Å²) in [6.07, 6.45) is 0. The van der Waals surface area contributed by atoms with Gasteiger partial charge < -0.3 is 11.1 Å². The van der Waals surface area contributed by atoms with E-state index in [-0.39, 0.29) is 18.0 Å². The van der Waals surface area contributed by atoms with Crippen LogP contribution >= 0.6 is 11.3 Å². The lowest BCUT2D eigenvalue weighted by Crippen LogP contribution is -2.43. The number of nitrogens with one attached hydrogen (secondary N) is 1. The normalized spacial score (nSPS) is 14.7. The van der Waals surface area contributed by atoms with E-state index in [4.69, 9.17) is 5.73 Å². The lowest BCUT2D eigenvalue weighted by atomic mass is 10.1. The third-order valence-electron chi connectivity index (χ3n) is 2.91. The topological polar surface area (TPSA) is 58.4 Å². The Balaban J connectivity index is 2.58. The number of rotatable bonds is 7. The Morgan fingerprint density at radius 1 is 1.47 bits per heavy atom. The fourth-order valence-electron chi connectivity index (χ4n) is 2.04. The van der Waals surface area contributed by atoms with Gasteiger partial charge in [0.05, 0.1) is 12.6 Å². The van der Waals surface area contributed by atoms with E-state index in [9.17, 15) is 4.79 Å². The number of nitrogens with two attached hydrogens (primary N) is 1. The maximum atomic E-state index is 11.9. The summed E-state index contributed by atoms with van der Waals surface area (Å²) in [5, 5.41) is 4.97. The Kier molecular flexibility index (Phi) is 6.48. The van der Waals surface area contributed by atoms with Gasteiger partial charge in [-0.3, -0.25) is 9.69 Å². The van der Waals surface area contributed by atoms with E-state index in [1.54, 1.807) is 11.3 Å². The van der Waals surface area contributed by atoms with Crippen molar-refractivity contribution < 1.29 is 4.79 Å². The van der Waals surface area contributed by atoms with E-state index < -0.39 is 0 Å². The molecule has 1 heterocycles. The van der Waals surface area contributed by atoms with E-state index in [0.29, 0.717) is 19.0 Å². The first kappa shape index (κ1) is 16.1. The molecule has 0 saturated heterocycles. The van der Waals surface area contributed by atoms with Crippen LogP contribution in [0.5, 0.6) is 0 Å². The fraction of sp³-hybridized carbons (Fsp3) is 0.643. The van der Waals surface area contributed by atoms with Crippen LogP contribution in [0.4, 0.5) is 0 Å². The third-order valence-corrected chi connectivity index (χ3v) is 3.85. The molecule has 0 bridgehead atoms. The summed E-state index contributed by atoms with van der Waals surface area (Å²) >= 11 is 1.68. The monoisotopic (exact) mass is 283 g/mol. The van der Waals surface area contributed by atoms with Gasteiger partial charge in [-0.1, -0.05) is 19.9 Å². The van der Waals surface area contributed by atoms with Crippen LogP contribution in [-0.4, -0.2) is 37.0 Å². The van der Waals surface area contributed by atoms with E-state index in [0.717, 1.165) is 0 Å². The van der Waals surface area contributed by atoms with Crippen molar-refractivity contribution in [3.05, 3.63) is 22.4 Å². The molecule has 19 heavy (non-hydrogen) atoms. The average molecular weight is 283 g/mol. The molecule has 0 saturated carbocycles. The van der Waals surface area contributed by atoms with Gasteiger partial charge in [0, 0.05) is 17.5 Å². The maximum Gasteiger partial charge on any atom is 0.234 e. The highest BCUT2D eigenvalue weighted by Gasteiger charge is 2.23. The number of hydrogen-bond acceptors (Lipinski definition) is 4. The van der Waals surface area contributed by atoms with E-state index >= 15 is 0 Å². The molecular weight excluding hydrogens is 258 g/mol. The molecule has 0 fully saturated rings. The molecule has 0 aliphatic rings. The quantitative estimate of drug-likeness (QED) is 0.803. The van der Waals surface area contributed by atoms with Crippen LogP contribution in [0.25, 0.3) is 0 Å². The maximum absolute atomic E-state index is 11.9. The Morgan fingerprint density at radius 3 is 2.63 bits per heavy atom. The van der Waals surface area contributed by atoms with Crippen molar-refractivity contribution in [2.75, 3.05) is 20.1 Å². The predicted molar refractivity (Wildman–Crippen MR) is 81.2 cm³/mol. The Labute approximate surface area is 120 Å². The minimum atomic E-state index is -0.0125. The van der Waals surface area contributed by atoms with Gasteiger partial charge in [-0.25, -0.2) is 0 Å². The van der Waals surface area contributed by atoms with Crippen molar-refractivity contribution in [2.45, 2.75) is 32.9 Å². The first-order valence-electron chi connectivity index (χ1n) is 6.67. The van der Waals surface area contributed by atoms with Crippen molar-refractivity contribution in [1.82, 2.24) is 10.2 Å². The molecule has 1 amide bonds. The smallest absolute Gasteiger partial charge is 0.234 e. The number of carbonyl (C=O) groups excluding carboxylic acids is 1. The molecule has 108 valence electrons. The van der Waals surface area contributed by atoms with E-state index in [1.807, 2.05) is 30.3 Å². The number of likely N-dealkylation sites (N-methyl/N-ethyl adjacent to an activating group) is 1. The highest BCUT2D eigenvalue weighted by molar-refractivity contribution is 7.10. The first-order valence-corrected chi connectivity index (χ1v) is 7.55. The summed E-state index contributed by atoms with van der Waals surface area (Å²) in [5.41, 5.74) is 6.06. The number of hydrogen-bond donors (Lipinski definition) is 2. The lowest BCUT2D eigenvalue weighted by Gasteiger charge is -2.29. The average Bonchev–Trinajstić information content (AvgIpc) is 2.79. The second kappa shape index (κ2) is 7.62. The Hall–Kier alpha value is -0.910. The molecule has 1 aromatic rings. The van der Waals surface area contributed by atoms with Crippen LogP contribution in [0.2, 0.25) is 0 Å². The minimum absolute atomic E-state index is 0.0125. The van der Waals surface area contributed by atoms with Crippen LogP contribution < -0.4 is 11.1 Å². The molecule has 4 nitrogen and oxygen atoms in total. The van der Waals surface area contributed by atoms with Crippen molar-refractivity contribution in [3.8, 4) is 0 Å². The molecule has 1 rings (SSSR count). The van der Waals surface area contributed by atoms with Gasteiger partial charge in [-0.2, -0.15) is 0 Å². The van der Waals surface area contributed by atoms with Gasteiger partial charge in [0.2, 0.25) is 5.91 Å². The van der Waals surface area contributed by atoms with Crippen LogP contribution in [0, 0.1) is 5.92 Å². The van der Waals surface area contributed by atoms with Gasteiger partial charge in [0.1, 0.15) is 0 Å². The number of amides is 1. The van der Waals surface area contributed by atoms with Gasteiger partial charge in [0.15, 0.2) is 0 Å². The predicted octanol–water partition coefficient (Wildman–Crippen LogP) is 1.84. The summed E-state index contributed by atoms with van der Waals surface area (Å²) in [4.78, 5) is 15.1. The zero-order chi connectivity index (χ0) is 14.4. The summed E-state index contributed by atoms with van der Waals surface area (Å²) in [7, 11) is 1.95. The summed E-state index contributed by atoms with van der Waals surface area (Å²) < 4.78 is 0. The number of thiophene rings is 1. The SMILES string of the molecule is CC(C)CNC(=O)CN(C)C(c1cccs1)C(C)N. The molecule has 2 unspecified atom stereocenters. The van der Waals surface area contributed by atoms with Gasteiger partial charge in [-0.15, -0.1) is 11.3 Å². The summed E-state index contributed by atoms with van der Waals surface area (Å²) in [6, 6.07) is 4.16. The van der Waals surface area contributed by atoms with Crippen molar-refractivity contribution >= 4 is 17.2 Å². The van der Waals surface area contributed by atoms with Crippen LogP contribution in [0.15, 0.2) is 17.5 Å². The van der Waals surface area contributed by atoms with Gasteiger partial charge in [0.25, 0.3) is 0 Å². The molecule has 0 spiro atoms. The van der Waals surface area contributed by atoms with Crippen molar-refractivity contribution in [3.63, 3.8) is 0 Å². The van der Waals surface area contributed by atoms with Crippen LogP contribution in [-0.2, 0) is 4.79 Å². The molecule has 1 aromatic heterocycles. The molecule has 3 N–H and O–H groups in total. The molecular formula is C14H25N3OS. The molecule has 0 aromatic carbocycles. The highest BCUT2D eigenvalue weighted by atomic mass is 32.1. The summed E-state index contributed by atoms with van der Waals surface area (Å²) in [6.45, 7) is 7.24. The first-order chi connectivity index (χ1) is 8.91. The van der Waals surface area contributed by atoms with Crippen LogP contribution in [0.3, 0.4) is 0 Å². The molecule has 0 aliphatic carbocycles. The lowest BCUT2D eigenvalue weighted by molar-refractivity contribution is -0.122. The van der Waals surface area contributed by atoms with E-state index in [2.05, 4.69) is 25.2 Å². The van der Waals surface area contributed by atoms with Crippen LogP contribution in [0.1, 0.15) is 31.7 Å². The zero-order valence-electron chi connectivity index (χ0n) is 12.2. The van der Waals surface area contributed by atoms with E-state index in [1.165, 1.54) is 4.88 Å². The van der Waals surface area contributed by atoms with Crippen molar-refractivity contribution in [1.29, 1.82) is 0 Å². The number of nitrogens with zero attached hydrogens (tertiary/aromatic N) is 1. The fourth-order valence-corrected chi connectivity index (χ4v) is 3.04. The Morgan fingerprint density at radius 2 is 2.16 bits per heavy atom.